The molecule has 0 saturated carbocycles. The first-order valence-electron chi connectivity index (χ1n) is 7.42. The number of halogens is 1. The van der Waals surface area contributed by atoms with Gasteiger partial charge >= 0.3 is 0 Å². The van der Waals surface area contributed by atoms with E-state index in [-0.39, 0.29) is 5.91 Å². The van der Waals surface area contributed by atoms with Gasteiger partial charge in [-0.2, -0.15) is 4.98 Å². The van der Waals surface area contributed by atoms with Crippen LogP contribution in [-0.4, -0.2) is 53.6 Å². The number of hydrogen-bond acceptors (Lipinski definition) is 6. The van der Waals surface area contributed by atoms with Gasteiger partial charge in [0.15, 0.2) is 0 Å². The maximum absolute atomic E-state index is 12.4. The van der Waals surface area contributed by atoms with E-state index in [0.29, 0.717) is 54.5 Å². The van der Waals surface area contributed by atoms with Gasteiger partial charge in [-0.05, 0) is 18.4 Å². The molecule has 1 aliphatic heterocycles. The van der Waals surface area contributed by atoms with Crippen LogP contribution in [0.5, 0.6) is 5.88 Å². The van der Waals surface area contributed by atoms with E-state index in [4.69, 9.17) is 16.3 Å². The largest absolute Gasteiger partial charge is 0.478 e. The molecule has 1 fully saturated rings. The normalized spacial score (nSPS) is 14.9. The Bertz CT molecular complexity index is 686. The molecule has 2 aromatic heterocycles. The summed E-state index contributed by atoms with van der Waals surface area (Å²) in [6.45, 7) is 5.10. The molecule has 0 spiro atoms. The molecule has 23 heavy (non-hydrogen) atoms. The number of rotatable bonds is 4. The number of piperazine rings is 1. The molecule has 0 atom stereocenters. The third kappa shape index (κ3) is 3.56. The van der Waals surface area contributed by atoms with Crippen molar-refractivity contribution in [1.82, 2.24) is 14.9 Å². The predicted octanol–water partition coefficient (Wildman–Crippen LogP) is 2.55. The van der Waals surface area contributed by atoms with Crippen LogP contribution in [0.1, 0.15) is 16.6 Å². The highest BCUT2D eigenvalue weighted by atomic mass is 35.5. The SMILES string of the molecule is CCOc1ccnc(N2CCN(C(=O)c3sccc3Cl)CC2)n1. The van der Waals surface area contributed by atoms with Crippen LogP contribution >= 0.6 is 22.9 Å². The number of aromatic nitrogens is 2. The summed E-state index contributed by atoms with van der Waals surface area (Å²) >= 11 is 7.42. The minimum Gasteiger partial charge on any atom is -0.478 e. The van der Waals surface area contributed by atoms with Crippen molar-refractivity contribution in [2.24, 2.45) is 0 Å². The lowest BCUT2D eigenvalue weighted by Crippen LogP contribution is -2.49. The molecular formula is C15H17ClN4O2S. The fourth-order valence-corrected chi connectivity index (χ4v) is 3.52. The van der Waals surface area contributed by atoms with Gasteiger partial charge in [0, 0.05) is 38.4 Å². The molecule has 0 unspecified atom stereocenters. The molecule has 0 radical (unpaired) electrons. The summed E-state index contributed by atoms with van der Waals surface area (Å²) in [4.78, 5) is 25.6. The Morgan fingerprint density at radius 2 is 2.13 bits per heavy atom. The summed E-state index contributed by atoms with van der Waals surface area (Å²) in [7, 11) is 0. The van der Waals surface area contributed by atoms with Gasteiger partial charge in [-0.15, -0.1) is 11.3 Å². The van der Waals surface area contributed by atoms with Crippen LogP contribution < -0.4 is 9.64 Å². The quantitative estimate of drug-likeness (QED) is 0.846. The standard InChI is InChI=1S/C15H17ClN4O2S/c1-2-22-12-3-5-17-15(18-12)20-8-6-19(7-9-20)14(21)13-11(16)4-10-23-13/h3-5,10H,2,6-9H2,1H3. The number of thiophene rings is 1. The van der Waals surface area contributed by atoms with E-state index in [9.17, 15) is 4.79 Å². The van der Waals surface area contributed by atoms with Crippen LogP contribution in [0.3, 0.4) is 0 Å². The number of anilines is 1. The Hall–Kier alpha value is -1.86. The van der Waals surface area contributed by atoms with Crippen molar-refractivity contribution in [1.29, 1.82) is 0 Å². The molecule has 0 N–H and O–H groups in total. The molecule has 8 heteroatoms. The molecule has 3 heterocycles. The molecule has 6 nitrogen and oxygen atoms in total. The molecule has 0 bridgehead atoms. The summed E-state index contributed by atoms with van der Waals surface area (Å²) < 4.78 is 5.40. The number of ether oxygens (including phenoxy) is 1. The van der Waals surface area contributed by atoms with E-state index in [0.717, 1.165) is 0 Å². The second-order valence-electron chi connectivity index (χ2n) is 5.00. The van der Waals surface area contributed by atoms with E-state index in [1.165, 1.54) is 11.3 Å². The smallest absolute Gasteiger partial charge is 0.265 e. The lowest BCUT2D eigenvalue weighted by molar-refractivity contribution is 0.0751. The van der Waals surface area contributed by atoms with Crippen molar-refractivity contribution in [2.45, 2.75) is 6.92 Å². The van der Waals surface area contributed by atoms with Gasteiger partial charge in [0.1, 0.15) is 4.88 Å². The minimum atomic E-state index is -0.00589. The molecular weight excluding hydrogens is 336 g/mol. The third-order valence-corrected chi connectivity index (χ3v) is 4.90. The van der Waals surface area contributed by atoms with Crippen molar-refractivity contribution < 1.29 is 9.53 Å². The van der Waals surface area contributed by atoms with Gasteiger partial charge in [0.05, 0.1) is 11.6 Å². The topological polar surface area (TPSA) is 58.6 Å². The Morgan fingerprint density at radius 3 is 2.78 bits per heavy atom. The van der Waals surface area contributed by atoms with E-state index in [1.54, 1.807) is 18.3 Å². The summed E-state index contributed by atoms with van der Waals surface area (Å²) in [5, 5.41) is 2.36. The second-order valence-corrected chi connectivity index (χ2v) is 6.33. The number of carbonyl (C=O) groups is 1. The Kier molecular flexibility index (Phi) is 4.97. The molecule has 122 valence electrons. The van der Waals surface area contributed by atoms with Gasteiger partial charge in [-0.1, -0.05) is 11.6 Å². The molecule has 1 aliphatic rings. The zero-order chi connectivity index (χ0) is 16.2. The van der Waals surface area contributed by atoms with Gasteiger partial charge < -0.3 is 14.5 Å². The number of nitrogens with zero attached hydrogens (tertiary/aromatic N) is 4. The summed E-state index contributed by atoms with van der Waals surface area (Å²) in [5.74, 6) is 1.20. The van der Waals surface area contributed by atoms with Crippen molar-refractivity contribution in [2.75, 3.05) is 37.7 Å². The fraction of sp³-hybridized carbons (Fsp3) is 0.400. The van der Waals surface area contributed by atoms with Crippen LogP contribution in [0.25, 0.3) is 0 Å². The second kappa shape index (κ2) is 7.14. The monoisotopic (exact) mass is 352 g/mol. The molecule has 3 rings (SSSR count). The first-order chi connectivity index (χ1) is 11.2. The molecule has 2 aromatic rings. The highest BCUT2D eigenvalue weighted by molar-refractivity contribution is 7.12. The number of hydrogen-bond donors (Lipinski definition) is 0. The highest BCUT2D eigenvalue weighted by Gasteiger charge is 2.25. The van der Waals surface area contributed by atoms with E-state index >= 15 is 0 Å². The Labute approximate surface area is 143 Å². The summed E-state index contributed by atoms with van der Waals surface area (Å²) in [6, 6.07) is 3.49. The summed E-state index contributed by atoms with van der Waals surface area (Å²) in [5.41, 5.74) is 0. The van der Waals surface area contributed by atoms with E-state index in [1.807, 2.05) is 17.2 Å². The average Bonchev–Trinajstić information content (AvgIpc) is 3.01. The zero-order valence-corrected chi connectivity index (χ0v) is 14.3. The molecule has 0 aliphatic carbocycles. The first-order valence-corrected chi connectivity index (χ1v) is 8.68. The van der Waals surface area contributed by atoms with E-state index < -0.39 is 0 Å². The lowest BCUT2D eigenvalue weighted by atomic mass is 10.3. The predicted molar refractivity (Wildman–Crippen MR) is 90.6 cm³/mol. The van der Waals surface area contributed by atoms with Gasteiger partial charge in [-0.25, -0.2) is 4.98 Å². The maximum atomic E-state index is 12.4. The van der Waals surface area contributed by atoms with Crippen LogP contribution in [-0.2, 0) is 0 Å². The first kappa shape index (κ1) is 16.0. The van der Waals surface area contributed by atoms with Crippen LogP contribution in [0, 0.1) is 0 Å². The Balaban J connectivity index is 1.63. The average molecular weight is 353 g/mol. The molecule has 1 saturated heterocycles. The Morgan fingerprint density at radius 1 is 1.35 bits per heavy atom. The van der Waals surface area contributed by atoms with Gasteiger partial charge in [-0.3, -0.25) is 4.79 Å². The minimum absolute atomic E-state index is 0.00589. The lowest BCUT2D eigenvalue weighted by Gasteiger charge is -2.34. The van der Waals surface area contributed by atoms with Crippen LogP contribution in [0.2, 0.25) is 5.02 Å². The zero-order valence-electron chi connectivity index (χ0n) is 12.7. The van der Waals surface area contributed by atoms with Crippen LogP contribution in [0.15, 0.2) is 23.7 Å². The third-order valence-electron chi connectivity index (χ3n) is 3.57. The van der Waals surface area contributed by atoms with Crippen molar-refractivity contribution in [3.05, 3.63) is 33.6 Å². The molecule has 1 amide bonds. The van der Waals surface area contributed by atoms with Gasteiger partial charge in [0.2, 0.25) is 11.8 Å². The number of carbonyl (C=O) groups excluding carboxylic acids is 1. The maximum Gasteiger partial charge on any atom is 0.265 e. The fourth-order valence-electron chi connectivity index (χ4n) is 2.41. The van der Waals surface area contributed by atoms with Crippen molar-refractivity contribution >= 4 is 34.8 Å². The van der Waals surface area contributed by atoms with Crippen molar-refractivity contribution in [3.8, 4) is 5.88 Å². The summed E-state index contributed by atoms with van der Waals surface area (Å²) in [6.07, 6.45) is 1.69. The van der Waals surface area contributed by atoms with E-state index in [2.05, 4.69) is 14.9 Å². The van der Waals surface area contributed by atoms with Gasteiger partial charge in [0.25, 0.3) is 5.91 Å². The number of amides is 1. The molecule has 0 aromatic carbocycles. The highest BCUT2D eigenvalue weighted by Crippen LogP contribution is 2.24. The van der Waals surface area contributed by atoms with Crippen LogP contribution in [0.4, 0.5) is 5.95 Å². The van der Waals surface area contributed by atoms with Crippen molar-refractivity contribution in [3.63, 3.8) is 0 Å².